The van der Waals surface area contributed by atoms with Crippen LogP contribution < -0.4 is 5.32 Å². The number of hydrogen-bond donors (Lipinski definition) is 1. The van der Waals surface area contributed by atoms with Crippen molar-refractivity contribution in [2.45, 2.75) is 24.3 Å². The Hall–Kier alpha value is -1.96. The van der Waals surface area contributed by atoms with Crippen LogP contribution in [-0.4, -0.2) is 31.7 Å². The molecule has 144 valence electrons. The number of halogens is 2. The van der Waals surface area contributed by atoms with Gasteiger partial charge in [-0.2, -0.15) is 4.31 Å². The van der Waals surface area contributed by atoms with Gasteiger partial charge in [0.15, 0.2) is 0 Å². The molecule has 1 aliphatic heterocycles. The van der Waals surface area contributed by atoms with Crippen molar-refractivity contribution < 1.29 is 17.6 Å². The van der Waals surface area contributed by atoms with Crippen molar-refractivity contribution in [2.24, 2.45) is 5.92 Å². The molecule has 1 saturated heterocycles. The van der Waals surface area contributed by atoms with Gasteiger partial charge in [-0.3, -0.25) is 4.79 Å². The lowest BCUT2D eigenvalue weighted by molar-refractivity contribution is -0.126. The third-order valence-corrected chi connectivity index (χ3v) is 6.68. The molecule has 1 heterocycles. The highest BCUT2D eigenvalue weighted by molar-refractivity contribution is 7.89. The average molecular weight is 411 g/mol. The Morgan fingerprint density at radius 3 is 2.67 bits per heavy atom. The highest BCUT2D eigenvalue weighted by atomic mass is 35.5. The van der Waals surface area contributed by atoms with E-state index in [1.165, 1.54) is 16.4 Å². The number of rotatable bonds is 5. The molecule has 0 spiro atoms. The fraction of sp³-hybridized carbons (Fsp3) is 0.316. The highest BCUT2D eigenvalue weighted by Gasteiger charge is 2.33. The minimum Gasteiger partial charge on any atom is -0.352 e. The molecular weight excluding hydrogens is 391 g/mol. The van der Waals surface area contributed by atoms with Gasteiger partial charge in [-0.15, -0.1) is 0 Å². The lowest BCUT2D eigenvalue weighted by Crippen LogP contribution is -2.45. The summed E-state index contributed by atoms with van der Waals surface area (Å²) in [5.74, 6) is -1.10. The molecule has 1 N–H and O–H groups in total. The Kier molecular flexibility index (Phi) is 6.14. The summed E-state index contributed by atoms with van der Waals surface area (Å²) >= 11 is 5.94. The second-order valence-corrected chi connectivity index (χ2v) is 8.88. The number of carbonyl (C=O) groups is 1. The van der Waals surface area contributed by atoms with E-state index in [9.17, 15) is 17.6 Å². The summed E-state index contributed by atoms with van der Waals surface area (Å²) in [6.07, 6.45) is 1.21. The maximum Gasteiger partial charge on any atom is 0.243 e. The first-order valence-electron chi connectivity index (χ1n) is 8.64. The van der Waals surface area contributed by atoms with E-state index in [2.05, 4.69) is 5.32 Å². The molecule has 5 nitrogen and oxygen atoms in total. The molecule has 3 rings (SSSR count). The van der Waals surface area contributed by atoms with Crippen molar-refractivity contribution in [2.75, 3.05) is 13.1 Å². The first-order chi connectivity index (χ1) is 12.9. The van der Waals surface area contributed by atoms with Crippen molar-refractivity contribution in [1.82, 2.24) is 9.62 Å². The largest absolute Gasteiger partial charge is 0.352 e. The number of hydrogen-bond acceptors (Lipinski definition) is 3. The average Bonchev–Trinajstić information content (AvgIpc) is 2.66. The minimum atomic E-state index is -3.75. The predicted molar refractivity (Wildman–Crippen MR) is 101 cm³/mol. The molecule has 0 aliphatic carbocycles. The number of benzene rings is 2. The van der Waals surface area contributed by atoms with Crippen molar-refractivity contribution in [3.8, 4) is 0 Å². The van der Waals surface area contributed by atoms with Gasteiger partial charge in [0.1, 0.15) is 5.82 Å². The maximum atomic E-state index is 13.1. The van der Waals surface area contributed by atoms with E-state index in [1.54, 1.807) is 18.2 Å². The lowest BCUT2D eigenvalue weighted by atomic mass is 9.99. The van der Waals surface area contributed by atoms with Gasteiger partial charge in [0, 0.05) is 24.7 Å². The minimum absolute atomic E-state index is 0.0314. The van der Waals surface area contributed by atoms with Crippen LogP contribution in [0.4, 0.5) is 4.39 Å². The van der Waals surface area contributed by atoms with Gasteiger partial charge in [-0.1, -0.05) is 23.7 Å². The van der Waals surface area contributed by atoms with Crippen molar-refractivity contribution in [3.05, 3.63) is 64.9 Å². The lowest BCUT2D eigenvalue weighted by Gasteiger charge is -2.31. The predicted octanol–water partition coefficient (Wildman–Crippen LogP) is 3.20. The normalized spacial score (nSPS) is 18.2. The van der Waals surface area contributed by atoms with Crippen molar-refractivity contribution in [1.29, 1.82) is 0 Å². The number of nitrogens with one attached hydrogen (secondary N) is 1. The number of amides is 1. The molecule has 0 aromatic heterocycles. The molecule has 0 unspecified atom stereocenters. The second kappa shape index (κ2) is 8.37. The van der Waals surface area contributed by atoms with Crippen LogP contribution in [0.3, 0.4) is 0 Å². The highest BCUT2D eigenvalue weighted by Crippen LogP contribution is 2.24. The molecule has 0 saturated carbocycles. The Labute approximate surface area is 163 Å². The Bertz CT molecular complexity index is 919. The zero-order chi connectivity index (χ0) is 19.4. The van der Waals surface area contributed by atoms with Gasteiger partial charge in [0.25, 0.3) is 0 Å². The molecule has 1 aliphatic rings. The van der Waals surface area contributed by atoms with Crippen LogP contribution in [0, 0.1) is 11.7 Å². The summed E-state index contributed by atoms with van der Waals surface area (Å²) in [4.78, 5) is 12.5. The molecule has 1 fully saturated rings. The monoisotopic (exact) mass is 410 g/mol. The summed E-state index contributed by atoms with van der Waals surface area (Å²) in [5, 5.41) is 3.44. The van der Waals surface area contributed by atoms with Crippen LogP contribution in [0.2, 0.25) is 5.02 Å². The number of sulfonamides is 1. The molecule has 0 radical (unpaired) electrons. The smallest absolute Gasteiger partial charge is 0.243 e. The number of nitrogens with zero attached hydrogens (tertiary/aromatic N) is 1. The van der Waals surface area contributed by atoms with Crippen LogP contribution in [0.1, 0.15) is 18.4 Å². The quantitative estimate of drug-likeness (QED) is 0.823. The summed E-state index contributed by atoms with van der Waals surface area (Å²) in [7, 11) is -3.75. The molecule has 8 heteroatoms. The van der Waals surface area contributed by atoms with Gasteiger partial charge in [-0.25, -0.2) is 12.8 Å². The van der Waals surface area contributed by atoms with E-state index >= 15 is 0 Å². The molecule has 2 aromatic rings. The Morgan fingerprint density at radius 2 is 1.96 bits per heavy atom. The van der Waals surface area contributed by atoms with E-state index < -0.39 is 21.8 Å². The first kappa shape index (κ1) is 19.8. The van der Waals surface area contributed by atoms with Crippen molar-refractivity contribution >= 4 is 27.5 Å². The van der Waals surface area contributed by atoms with Gasteiger partial charge in [0.05, 0.1) is 10.8 Å². The second-order valence-electron chi connectivity index (χ2n) is 6.50. The molecule has 1 amide bonds. The third kappa shape index (κ3) is 4.86. The SMILES string of the molecule is O=C(NCc1cccc(Cl)c1)[C@H]1CCCN(S(=O)(=O)c2ccc(F)cc2)C1. The summed E-state index contributed by atoms with van der Waals surface area (Å²) < 4.78 is 39.8. The molecular formula is C19H20ClFN2O3S. The van der Waals surface area contributed by atoms with Crippen LogP contribution in [-0.2, 0) is 21.4 Å². The fourth-order valence-electron chi connectivity index (χ4n) is 3.11. The summed E-state index contributed by atoms with van der Waals surface area (Å²) in [5.41, 5.74) is 0.877. The third-order valence-electron chi connectivity index (χ3n) is 4.56. The molecule has 27 heavy (non-hydrogen) atoms. The van der Waals surface area contributed by atoms with Gasteiger partial charge < -0.3 is 5.32 Å². The van der Waals surface area contributed by atoms with Crippen molar-refractivity contribution in [3.63, 3.8) is 0 Å². The maximum absolute atomic E-state index is 13.1. The molecule has 1 atom stereocenters. The van der Waals surface area contributed by atoms with Crippen LogP contribution in [0.5, 0.6) is 0 Å². The van der Waals surface area contributed by atoms with Crippen LogP contribution in [0.25, 0.3) is 0 Å². The Morgan fingerprint density at radius 1 is 1.22 bits per heavy atom. The van der Waals surface area contributed by atoms with E-state index in [0.717, 1.165) is 17.7 Å². The van der Waals surface area contributed by atoms with Gasteiger partial charge in [0.2, 0.25) is 15.9 Å². The van der Waals surface area contributed by atoms with E-state index in [4.69, 9.17) is 11.6 Å². The van der Waals surface area contributed by atoms with Crippen LogP contribution >= 0.6 is 11.6 Å². The van der Waals surface area contributed by atoms with E-state index in [1.807, 2.05) is 6.07 Å². The van der Waals surface area contributed by atoms with Gasteiger partial charge in [-0.05, 0) is 54.8 Å². The van der Waals surface area contributed by atoms with Gasteiger partial charge >= 0.3 is 0 Å². The van der Waals surface area contributed by atoms with Crippen LogP contribution in [0.15, 0.2) is 53.4 Å². The number of carbonyl (C=O) groups excluding carboxylic acids is 1. The topological polar surface area (TPSA) is 66.5 Å². The zero-order valence-corrected chi connectivity index (χ0v) is 16.1. The zero-order valence-electron chi connectivity index (χ0n) is 14.6. The molecule has 2 aromatic carbocycles. The molecule has 0 bridgehead atoms. The van der Waals surface area contributed by atoms with E-state index in [-0.39, 0.29) is 17.3 Å². The Balaban J connectivity index is 1.64. The first-order valence-corrected chi connectivity index (χ1v) is 10.5. The standard InChI is InChI=1S/C19H20ClFN2O3S/c20-16-5-1-3-14(11-16)12-22-19(24)15-4-2-10-23(13-15)27(25,26)18-8-6-17(21)7-9-18/h1,3,5-9,11,15H,2,4,10,12-13H2,(H,22,24)/t15-/m0/s1. The fourth-order valence-corrected chi connectivity index (χ4v) is 4.85. The summed E-state index contributed by atoms with van der Waals surface area (Å²) in [6, 6.07) is 11.9. The summed E-state index contributed by atoms with van der Waals surface area (Å²) in [6.45, 7) is 0.791. The number of piperidine rings is 1. The van der Waals surface area contributed by atoms with E-state index in [0.29, 0.717) is 31.0 Å².